The quantitative estimate of drug-likeness (QED) is 0.571. The second-order valence-corrected chi connectivity index (χ2v) is 9.54. The van der Waals surface area contributed by atoms with Gasteiger partial charge in [-0.1, -0.05) is 0 Å². The zero-order chi connectivity index (χ0) is 23.4. The number of nitrogens with one attached hydrogen (secondary N) is 2. The molecular formula is C23H28FN5O3S. The second-order valence-electron chi connectivity index (χ2n) is 8.43. The van der Waals surface area contributed by atoms with Crippen molar-refractivity contribution in [1.82, 2.24) is 9.80 Å². The Morgan fingerprint density at radius 1 is 0.909 bits per heavy atom. The van der Waals surface area contributed by atoms with Gasteiger partial charge < -0.3 is 16.4 Å². The number of piperazine rings is 1. The number of hydrogen-bond donors (Lipinski definition) is 3. The van der Waals surface area contributed by atoms with Gasteiger partial charge in [0.1, 0.15) is 10.8 Å². The molecule has 2 aliphatic rings. The van der Waals surface area contributed by atoms with Crippen LogP contribution < -0.4 is 16.4 Å². The smallest absolute Gasteiger partial charge is 0.251 e. The number of primary amides is 1. The molecule has 1 aromatic heterocycles. The third-order valence-electron chi connectivity index (χ3n) is 6.00. The number of halogens is 1. The van der Waals surface area contributed by atoms with Crippen molar-refractivity contribution < 1.29 is 18.8 Å². The molecule has 33 heavy (non-hydrogen) atoms. The Hall–Kier alpha value is -2.82. The molecule has 0 radical (unpaired) electrons. The van der Waals surface area contributed by atoms with Gasteiger partial charge in [-0.25, -0.2) is 4.39 Å². The maximum Gasteiger partial charge on any atom is 0.251 e. The lowest BCUT2D eigenvalue weighted by atomic mass is 9.95. The number of carbonyl (C=O) groups excluding carboxylic acids is 3. The molecule has 10 heteroatoms. The van der Waals surface area contributed by atoms with Gasteiger partial charge in [-0.15, -0.1) is 11.3 Å². The maximum absolute atomic E-state index is 13.0. The molecule has 1 aliphatic carbocycles. The van der Waals surface area contributed by atoms with Crippen molar-refractivity contribution in [2.45, 2.75) is 25.7 Å². The topological polar surface area (TPSA) is 108 Å². The number of amides is 3. The highest BCUT2D eigenvalue weighted by Crippen LogP contribution is 2.37. The molecule has 2 aromatic rings. The standard InChI is InChI=1S/C23H28FN5O3S/c24-15-5-7-16(8-6-15)26-19(30)13-28-9-11-29(12-10-28)14-20(31)27-23-21(22(25)32)17-3-1-2-4-18(17)33-23/h5-8H,1-4,9-14H2,(H2,25,32)(H,26,30)(H,27,31). The zero-order valence-corrected chi connectivity index (χ0v) is 19.2. The van der Waals surface area contributed by atoms with Crippen LogP contribution in [0.4, 0.5) is 15.1 Å². The molecule has 1 saturated heterocycles. The Morgan fingerprint density at radius 3 is 2.09 bits per heavy atom. The van der Waals surface area contributed by atoms with E-state index in [1.54, 1.807) is 0 Å². The number of benzene rings is 1. The Morgan fingerprint density at radius 2 is 1.48 bits per heavy atom. The van der Waals surface area contributed by atoms with Crippen molar-refractivity contribution >= 4 is 39.7 Å². The SMILES string of the molecule is NC(=O)c1c(NC(=O)CN2CCN(CC(=O)Nc3ccc(F)cc3)CC2)sc2c1CCCC2. The van der Waals surface area contributed by atoms with Crippen LogP contribution in [-0.2, 0) is 22.4 Å². The molecule has 1 aromatic carbocycles. The van der Waals surface area contributed by atoms with Crippen LogP contribution in [0, 0.1) is 5.82 Å². The van der Waals surface area contributed by atoms with E-state index in [1.165, 1.54) is 35.6 Å². The van der Waals surface area contributed by atoms with Crippen molar-refractivity contribution in [1.29, 1.82) is 0 Å². The van der Waals surface area contributed by atoms with E-state index < -0.39 is 5.91 Å². The van der Waals surface area contributed by atoms with Crippen LogP contribution >= 0.6 is 11.3 Å². The van der Waals surface area contributed by atoms with Gasteiger partial charge in [0, 0.05) is 36.7 Å². The summed E-state index contributed by atoms with van der Waals surface area (Å²) in [6.45, 7) is 3.08. The van der Waals surface area contributed by atoms with Gasteiger partial charge in [-0.2, -0.15) is 0 Å². The molecule has 0 bridgehead atoms. The van der Waals surface area contributed by atoms with E-state index >= 15 is 0 Å². The van der Waals surface area contributed by atoms with Gasteiger partial charge in [0.15, 0.2) is 0 Å². The fraction of sp³-hybridized carbons (Fsp3) is 0.435. The fourth-order valence-corrected chi connectivity index (χ4v) is 5.64. The highest BCUT2D eigenvalue weighted by molar-refractivity contribution is 7.17. The lowest BCUT2D eigenvalue weighted by Gasteiger charge is -2.33. The number of aryl methyl sites for hydroxylation is 1. The van der Waals surface area contributed by atoms with Crippen LogP contribution in [0.3, 0.4) is 0 Å². The Labute approximate surface area is 195 Å². The number of anilines is 2. The molecule has 8 nitrogen and oxygen atoms in total. The number of nitrogens with two attached hydrogens (primary N) is 1. The Bertz CT molecular complexity index is 1030. The first-order valence-corrected chi connectivity index (χ1v) is 11.9. The Balaban J connectivity index is 1.24. The van der Waals surface area contributed by atoms with Crippen LogP contribution in [0.5, 0.6) is 0 Å². The van der Waals surface area contributed by atoms with Gasteiger partial charge in [-0.05, 0) is 55.5 Å². The number of thiophene rings is 1. The molecular weight excluding hydrogens is 445 g/mol. The van der Waals surface area contributed by atoms with E-state index in [9.17, 15) is 18.8 Å². The molecule has 0 atom stereocenters. The van der Waals surface area contributed by atoms with Gasteiger partial charge in [0.05, 0.1) is 18.7 Å². The number of hydrogen-bond acceptors (Lipinski definition) is 6. The monoisotopic (exact) mass is 473 g/mol. The molecule has 0 saturated carbocycles. The summed E-state index contributed by atoms with van der Waals surface area (Å²) in [7, 11) is 0. The maximum atomic E-state index is 13.0. The number of nitrogens with zero attached hydrogens (tertiary/aromatic N) is 2. The zero-order valence-electron chi connectivity index (χ0n) is 18.4. The third-order valence-corrected chi connectivity index (χ3v) is 7.21. The van der Waals surface area contributed by atoms with E-state index in [1.807, 2.05) is 9.80 Å². The molecule has 0 spiro atoms. The van der Waals surface area contributed by atoms with Crippen molar-refractivity contribution in [3.05, 3.63) is 46.1 Å². The van der Waals surface area contributed by atoms with Gasteiger partial charge in [-0.3, -0.25) is 24.2 Å². The van der Waals surface area contributed by atoms with E-state index in [-0.39, 0.29) is 30.7 Å². The number of rotatable bonds is 7. The normalized spacial score (nSPS) is 16.8. The summed E-state index contributed by atoms with van der Waals surface area (Å²) in [6, 6.07) is 5.66. The van der Waals surface area contributed by atoms with Gasteiger partial charge in [0.25, 0.3) is 5.91 Å². The average Bonchev–Trinajstić information content (AvgIpc) is 3.14. The minimum absolute atomic E-state index is 0.159. The minimum Gasteiger partial charge on any atom is -0.365 e. The number of fused-ring (bicyclic) bond motifs is 1. The van der Waals surface area contributed by atoms with Crippen molar-refractivity contribution in [3.8, 4) is 0 Å². The molecule has 3 amide bonds. The van der Waals surface area contributed by atoms with E-state index in [0.717, 1.165) is 36.1 Å². The largest absolute Gasteiger partial charge is 0.365 e. The first-order chi connectivity index (χ1) is 15.9. The highest BCUT2D eigenvalue weighted by Gasteiger charge is 2.26. The van der Waals surface area contributed by atoms with Crippen molar-refractivity contribution in [3.63, 3.8) is 0 Å². The Kier molecular flexibility index (Phi) is 7.36. The highest BCUT2D eigenvalue weighted by atomic mass is 32.1. The van der Waals surface area contributed by atoms with Gasteiger partial charge in [0.2, 0.25) is 11.8 Å². The van der Waals surface area contributed by atoms with Gasteiger partial charge >= 0.3 is 0 Å². The van der Waals surface area contributed by atoms with Crippen LogP contribution in [-0.4, -0.2) is 66.8 Å². The van der Waals surface area contributed by atoms with E-state index in [0.29, 0.717) is 42.4 Å². The minimum atomic E-state index is -0.489. The molecule has 176 valence electrons. The summed E-state index contributed by atoms with van der Waals surface area (Å²) in [5.41, 5.74) is 7.64. The second kappa shape index (κ2) is 10.4. The third kappa shape index (κ3) is 5.95. The molecule has 4 N–H and O–H groups in total. The molecule has 2 heterocycles. The first-order valence-electron chi connectivity index (χ1n) is 11.1. The first kappa shape index (κ1) is 23.3. The van der Waals surface area contributed by atoms with Crippen LogP contribution in [0.1, 0.15) is 33.6 Å². The average molecular weight is 474 g/mol. The summed E-state index contributed by atoms with van der Waals surface area (Å²) in [5, 5.41) is 6.23. The van der Waals surface area contributed by atoms with E-state index in [2.05, 4.69) is 10.6 Å². The summed E-state index contributed by atoms with van der Waals surface area (Å²) in [5.74, 6) is -1.16. The van der Waals surface area contributed by atoms with Crippen LogP contribution in [0.2, 0.25) is 0 Å². The lowest BCUT2D eigenvalue weighted by molar-refractivity contribution is -0.120. The molecule has 1 aliphatic heterocycles. The molecule has 1 fully saturated rings. The van der Waals surface area contributed by atoms with E-state index in [4.69, 9.17) is 5.73 Å². The van der Waals surface area contributed by atoms with Crippen LogP contribution in [0.15, 0.2) is 24.3 Å². The molecule has 0 unspecified atom stereocenters. The molecule has 4 rings (SSSR count). The van der Waals surface area contributed by atoms with Crippen molar-refractivity contribution in [2.24, 2.45) is 5.73 Å². The van der Waals surface area contributed by atoms with Crippen molar-refractivity contribution in [2.75, 3.05) is 49.9 Å². The lowest BCUT2D eigenvalue weighted by Crippen LogP contribution is -2.50. The predicted octanol–water partition coefficient (Wildman–Crippen LogP) is 2.06. The number of carbonyl (C=O) groups is 3. The fourth-order valence-electron chi connectivity index (χ4n) is 4.33. The predicted molar refractivity (Wildman–Crippen MR) is 126 cm³/mol. The van der Waals surface area contributed by atoms with Crippen LogP contribution in [0.25, 0.3) is 0 Å². The summed E-state index contributed by atoms with van der Waals surface area (Å²) >= 11 is 1.46. The summed E-state index contributed by atoms with van der Waals surface area (Å²) in [4.78, 5) is 42.1. The summed E-state index contributed by atoms with van der Waals surface area (Å²) in [6.07, 6.45) is 3.87. The summed E-state index contributed by atoms with van der Waals surface area (Å²) < 4.78 is 13.0.